The van der Waals surface area contributed by atoms with Gasteiger partial charge in [0.15, 0.2) is 6.54 Å². The summed E-state index contributed by atoms with van der Waals surface area (Å²) in [6, 6.07) is 18.4. The van der Waals surface area contributed by atoms with Gasteiger partial charge in [-0.1, -0.05) is 60.1 Å². The second kappa shape index (κ2) is 9.45. The van der Waals surface area contributed by atoms with Gasteiger partial charge in [-0.15, -0.1) is 0 Å². The van der Waals surface area contributed by atoms with Crippen molar-refractivity contribution in [1.29, 1.82) is 0 Å². The molecule has 0 bridgehead atoms. The average Bonchev–Trinajstić information content (AvgIpc) is 2.59. The van der Waals surface area contributed by atoms with E-state index >= 15 is 0 Å². The maximum atomic E-state index is 12.1. The van der Waals surface area contributed by atoms with E-state index in [1.54, 1.807) is 0 Å². The minimum Gasteiger partial charge on any atom is -0.349 e. The Balaban J connectivity index is 1.71. The normalized spacial score (nSPS) is 13.3. The van der Waals surface area contributed by atoms with Crippen LogP contribution < -0.4 is 10.6 Å². The van der Waals surface area contributed by atoms with E-state index < -0.39 is 0 Å². The van der Waals surface area contributed by atoms with Gasteiger partial charge < -0.3 is 10.6 Å². The molecule has 3 nitrogen and oxygen atoms in total. The molecule has 1 amide bonds. The van der Waals surface area contributed by atoms with Gasteiger partial charge in [0.05, 0.1) is 0 Å². The summed E-state index contributed by atoms with van der Waals surface area (Å²) < 4.78 is 0. The van der Waals surface area contributed by atoms with E-state index in [1.807, 2.05) is 47.8 Å². The Morgan fingerprint density at radius 2 is 1.75 bits per heavy atom. The molecule has 0 aliphatic rings. The molecule has 0 fully saturated rings. The maximum absolute atomic E-state index is 12.1. The molecule has 0 spiro atoms. The summed E-state index contributed by atoms with van der Waals surface area (Å²) in [5.74, 6) is 0.0643. The Hall–Kier alpha value is -1.84. The van der Waals surface area contributed by atoms with E-state index in [1.165, 1.54) is 5.56 Å². The number of quaternary nitrogens is 1. The molecule has 2 atom stereocenters. The van der Waals surface area contributed by atoms with Gasteiger partial charge in [0.2, 0.25) is 0 Å². The number of benzene rings is 2. The summed E-state index contributed by atoms with van der Waals surface area (Å²) in [5.41, 5.74) is 2.36. The highest BCUT2D eigenvalue weighted by atomic mass is 35.5. The third-order valence-corrected chi connectivity index (χ3v) is 4.51. The Kier molecular flexibility index (Phi) is 7.29. The predicted molar refractivity (Wildman–Crippen MR) is 99.0 cm³/mol. The Morgan fingerprint density at radius 1 is 1.08 bits per heavy atom. The number of nitrogens with two attached hydrogens (primary N) is 1. The molecular formula is C20H26ClN2O+. The monoisotopic (exact) mass is 345 g/mol. The molecule has 128 valence electrons. The lowest BCUT2D eigenvalue weighted by Gasteiger charge is -2.15. The van der Waals surface area contributed by atoms with Crippen LogP contribution >= 0.6 is 11.6 Å². The molecule has 24 heavy (non-hydrogen) atoms. The van der Waals surface area contributed by atoms with Crippen LogP contribution in [-0.2, 0) is 11.2 Å². The molecule has 0 unspecified atom stereocenters. The van der Waals surface area contributed by atoms with Crippen LogP contribution in [0.1, 0.15) is 37.4 Å². The molecular weight excluding hydrogens is 320 g/mol. The zero-order valence-electron chi connectivity index (χ0n) is 14.3. The number of hydrogen-bond donors (Lipinski definition) is 2. The van der Waals surface area contributed by atoms with Crippen LogP contribution in [0.2, 0.25) is 5.02 Å². The van der Waals surface area contributed by atoms with Crippen molar-refractivity contribution in [3.8, 4) is 0 Å². The molecule has 2 aromatic rings. The quantitative estimate of drug-likeness (QED) is 0.758. The molecule has 0 heterocycles. The van der Waals surface area contributed by atoms with E-state index in [0.717, 1.165) is 23.4 Å². The van der Waals surface area contributed by atoms with Gasteiger partial charge in [0, 0.05) is 16.6 Å². The fourth-order valence-electron chi connectivity index (χ4n) is 2.69. The van der Waals surface area contributed by atoms with Crippen molar-refractivity contribution in [3.63, 3.8) is 0 Å². The number of halogens is 1. The fraction of sp³-hybridized carbons (Fsp3) is 0.350. The third kappa shape index (κ3) is 5.99. The molecule has 4 heteroatoms. The van der Waals surface area contributed by atoms with Crippen molar-refractivity contribution in [2.45, 2.75) is 38.8 Å². The lowest BCUT2D eigenvalue weighted by atomic mass is 10.1. The lowest BCUT2D eigenvalue weighted by Crippen LogP contribution is -2.87. The van der Waals surface area contributed by atoms with Gasteiger partial charge in [0.25, 0.3) is 5.91 Å². The highest BCUT2D eigenvalue weighted by Crippen LogP contribution is 2.19. The minimum absolute atomic E-state index is 0.0643. The van der Waals surface area contributed by atoms with Crippen LogP contribution in [0.3, 0.4) is 0 Å². The van der Waals surface area contributed by atoms with E-state index in [4.69, 9.17) is 11.6 Å². The van der Waals surface area contributed by atoms with Crippen LogP contribution in [0.4, 0.5) is 0 Å². The van der Waals surface area contributed by atoms with Crippen molar-refractivity contribution in [1.82, 2.24) is 5.32 Å². The van der Waals surface area contributed by atoms with E-state index in [9.17, 15) is 4.79 Å². The number of amides is 1. The topological polar surface area (TPSA) is 45.7 Å². The van der Waals surface area contributed by atoms with Gasteiger partial charge in [-0.3, -0.25) is 4.79 Å². The molecule has 2 rings (SSSR count). The van der Waals surface area contributed by atoms with Crippen molar-refractivity contribution in [2.24, 2.45) is 0 Å². The van der Waals surface area contributed by atoms with Crippen LogP contribution in [-0.4, -0.2) is 18.5 Å². The van der Waals surface area contributed by atoms with Crippen LogP contribution in [0.15, 0.2) is 54.6 Å². The first-order valence-electron chi connectivity index (χ1n) is 8.47. The van der Waals surface area contributed by atoms with Gasteiger partial charge in [-0.25, -0.2) is 0 Å². The average molecular weight is 346 g/mol. The first-order valence-corrected chi connectivity index (χ1v) is 8.85. The van der Waals surface area contributed by atoms with Gasteiger partial charge in [-0.05, 0) is 38.3 Å². The molecule has 0 saturated heterocycles. The van der Waals surface area contributed by atoms with Gasteiger partial charge in [-0.2, -0.15) is 0 Å². The lowest BCUT2D eigenvalue weighted by molar-refractivity contribution is -0.682. The number of aryl methyl sites for hydroxylation is 1. The number of nitrogens with one attached hydrogen (secondary N) is 1. The van der Waals surface area contributed by atoms with Gasteiger partial charge >= 0.3 is 0 Å². The Labute approximate surface area is 149 Å². The molecule has 0 aliphatic carbocycles. The van der Waals surface area contributed by atoms with Crippen LogP contribution in [0.25, 0.3) is 0 Å². The minimum atomic E-state index is 0.0643. The van der Waals surface area contributed by atoms with E-state index in [2.05, 4.69) is 31.3 Å². The van der Waals surface area contributed by atoms with Crippen LogP contribution in [0.5, 0.6) is 0 Å². The third-order valence-electron chi connectivity index (χ3n) is 4.17. The zero-order valence-corrected chi connectivity index (χ0v) is 15.1. The summed E-state index contributed by atoms with van der Waals surface area (Å²) in [6.45, 7) is 4.52. The van der Waals surface area contributed by atoms with E-state index in [0.29, 0.717) is 6.54 Å². The molecule has 0 radical (unpaired) electrons. The van der Waals surface area contributed by atoms with E-state index in [-0.39, 0.29) is 18.0 Å². The molecule has 0 saturated carbocycles. The standard InChI is InChI=1S/C20H25ClN2O/c1-15(12-13-17-8-4-3-5-9-17)23-20(24)14-22-16(2)18-10-6-7-11-19(18)21/h3-11,15-16,22H,12-14H2,1-2H3,(H,23,24)/p+1/t15-,16-/m0/s1. The summed E-state index contributed by atoms with van der Waals surface area (Å²) in [7, 11) is 0. The Morgan fingerprint density at radius 3 is 2.46 bits per heavy atom. The molecule has 0 aliphatic heterocycles. The first kappa shape index (κ1) is 18.5. The number of carbonyl (C=O) groups is 1. The van der Waals surface area contributed by atoms with Crippen molar-refractivity contribution >= 4 is 17.5 Å². The van der Waals surface area contributed by atoms with Crippen molar-refractivity contribution < 1.29 is 10.1 Å². The summed E-state index contributed by atoms with van der Waals surface area (Å²) in [6.07, 6.45) is 1.91. The smallest absolute Gasteiger partial charge is 0.275 e. The fourth-order valence-corrected chi connectivity index (χ4v) is 3.00. The molecule has 0 aromatic heterocycles. The molecule has 2 aromatic carbocycles. The molecule has 3 N–H and O–H groups in total. The number of rotatable bonds is 8. The highest BCUT2D eigenvalue weighted by molar-refractivity contribution is 6.31. The predicted octanol–water partition coefficient (Wildman–Crippen LogP) is 3.10. The number of carbonyl (C=O) groups excluding carboxylic acids is 1. The summed E-state index contributed by atoms with van der Waals surface area (Å²) in [4.78, 5) is 12.1. The van der Waals surface area contributed by atoms with Crippen molar-refractivity contribution in [2.75, 3.05) is 6.54 Å². The highest BCUT2D eigenvalue weighted by Gasteiger charge is 2.15. The zero-order chi connectivity index (χ0) is 17.4. The second-order valence-electron chi connectivity index (χ2n) is 6.24. The number of hydrogen-bond acceptors (Lipinski definition) is 1. The van der Waals surface area contributed by atoms with Gasteiger partial charge in [0.1, 0.15) is 6.04 Å². The SMILES string of the molecule is C[C@H]([NH2+]CC(=O)N[C@@H](C)CCc1ccccc1)c1ccccc1Cl. The Bertz CT molecular complexity index is 645. The van der Waals surface area contributed by atoms with Crippen molar-refractivity contribution in [3.05, 3.63) is 70.7 Å². The summed E-state index contributed by atoms with van der Waals surface area (Å²) in [5, 5.41) is 5.83. The first-order chi connectivity index (χ1) is 11.6. The van der Waals surface area contributed by atoms with Crippen LogP contribution in [0, 0.1) is 0 Å². The maximum Gasteiger partial charge on any atom is 0.275 e. The summed E-state index contributed by atoms with van der Waals surface area (Å²) >= 11 is 6.20. The second-order valence-corrected chi connectivity index (χ2v) is 6.65. The largest absolute Gasteiger partial charge is 0.349 e.